The van der Waals surface area contributed by atoms with Gasteiger partial charge < -0.3 is 9.47 Å². The lowest BCUT2D eigenvalue weighted by Gasteiger charge is -2.32. The lowest BCUT2D eigenvalue weighted by atomic mass is 10.2. The summed E-state index contributed by atoms with van der Waals surface area (Å²) in [7, 11) is 0. The zero-order valence-corrected chi connectivity index (χ0v) is 14.0. The normalized spacial score (nSPS) is 16.0. The third-order valence-electron chi connectivity index (χ3n) is 2.83. The Morgan fingerprint density at radius 2 is 0.727 bits per heavy atom. The summed E-state index contributed by atoms with van der Waals surface area (Å²) in [6, 6.07) is 0. The highest BCUT2D eigenvalue weighted by atomic mass is 19.4. The highest BCUT2D eigenvalue weighted by Crippen LogP contribution is 2.51. The third-order valence-corrected chi connectivity index (χ3v) is 2.83. The van der Waals surface area contributed by atoms with E-state index in [0.29, 0.717) is 0 Å². The van der Waals surface area contributed by atoms with E-state index < -0.39 is 66.3 Å². The highest BCUT2D eigenvalue weighted by Gasteiger charge is 2.79. The molecule has 0 radical (unpaired) electrons. The van der Waals surface area contributed by atoms with Crippen LogP contribution in [0.3, 0.4) is 0 Å². The maximum atomic E-state index is 13.4. The molecule has 196 valence electrons. The Labute approximate surface area is 165 Å². The first-order valence-electron chi connectivity index (χ1n) is 6.69. The minimum Gasteiger partial charge on any atom is -0.436 e. The predicted octanol–water partition coefficient (Wildman–Crippen LogP) is 6.21. The van der Waals surface area contributed by atoms with E-state index in [0.717, 1.165) is 0 Å². The molecule has 3 nitrogen and oxygen atoms in total. The first-order valence-corrected chi connectivity index (χ1v) is 6.69. The van der Waals surface area contributed by atoms with Gasteiger partial charge in [0.05, 0.1) is 0 Å². The van der Waals surface area contributed by atoms with Gasteiger partial charge in [-0.05, 0) is 0 Å². The topological polar surface area (TPSA) is 35.5 Å². The Balaban J connectivity index is 6.93. The molecule has 0 aromatic rings. The van der Waals surface area contributed by atoms with Gasteiger partial charge in [-0.15, -0.1) is 0 Å². The van der Waals surface area contributed by atoms with Gasteiger partial charge in [0, 0.05) is 6.08 Å². The molecule has 0 atom stereocenters. The maximum Gasteiger partial charge on any atom is 0.470 e. The first kappa shape index (κ1) is 30.7. The van der Waals surface area contributed by atoms with Crippen LogP contribution in [-0.4, -0.2) is 54.5 Å². The summed E-state index contributed by atoms with van der Waals surface area (Å²) in [5.74, 6) is -30.4. The van der Waals surface area contributed by atoms with Crippen molar-refractivity contribution in [3.05, 3.63) is 11.8 Å². The summed E-state index contributed by atoms with van der Waals surface area (Å²) in [6.45, 7) is 0. The van der Waals surface area contributed by atoms with Crippen LogP contribution in [0.2, 0.25) is 0 Å². The van der Waals surface area contributed by atoms with Gasteiger partial charge in [0.15, 0.2) is 0 Å². The second-order valence-corrected chi connectivity index (χ2v) is 5.30. The van der Waals surface area contributed by atoms with Crippen molar-refractivity contribution >= 4 is 5.97 Å². The average molecular weight is 542 g/mol. The average Bonchev–Trinajstić information content (AvgIpc) is 2.48. The molecule has 0 unspecified atom stereocenters. The summed E-state index contributed by atoms with van der Waals surface area (Å²) >= 11 is 0. The fourth-order valence-corrected chi connectivity index (χ4v) is 1.26. The number of carbonyl (C=O) groups is 1. The molecule has 0 aliphatic heterocycles. The fraction of sp³-hybridized carbons (Fsp3) is 0.727. The number of carbonyl (C=O) groups excluding carboxylic acids is 1. The number of hydrogen-bond donors (Lipinski definition) is 0. The summed E-state index contributed by atoms with van der Waals surface area (Å²) < 4.78 is 241. The van der Waals surface area contributed by atoms with Gasteiger partial charge in [-0.1, -0.05) is 0 Å². The van der Waals surface area contributed by atoms with Gasteiger partial charge in [0.25, 0.3) is 0 Å². The molecule has 0 fully saturated rings. The van der Waals surface area contributed by atoms with Crippen molar-refractivity contribution in [1.82, 2.24) is 0 Å². The molecule has 0 aliphatic rings. The molecule has 0 spiro atoms. The summed E-state index contributed by atoms with van der Waals surface area (Å²) in [5, 5.41) is 0. The number of rotatable bonds is 5. The summed E-state index contributed by atoms with van der Waals surface area (Å²) in [6.07, 6.45) is -39.9. The van der Waals surface area contributed by atoms with Crippen LogP contribution in [0.1, 0.15) is 0 Å². The van der Waals surface area contributed by atoms with Crippen molar-refractivity contribution in [2.75, 3.05) is 0 Å². The number of hydrogen-bond acceptors (Lipinski definition) is 3. The van der Waals surface area contributed by atoms with Crippen molar-refractivity contribution in [3.63, 3.8) is 0 Å². The van der Waals surface area contributed by atoms with Gasteiger partial charge >= 0.3 is 54.5 Å². The highest BCUT2D eigenvalue weighted by molar-refractivity contribution is 5.87. The quantitative estimate of drug-likeness (QED) is 0.180. The molecule has 0 bridgehead atoms. The second-order valence-electron chi connectivity index (χ2n) is 5.30. The molecule has 0 aliphatic carbocycles. The van der Waals surface area contributed by atoms with E-state index in [2.05, 4.69) is 0 Å². The van der Waals surface area contributed by atoms with Gasteiger partial charge in [0.2, 0.25) is 5.76 Å². The van der Waals surface area contributed by atoms with Crippen LogP contribution in [-0.2, 0) is 14.3 Å². The van der Waals surface area contributed by atoms with Crippen LogP contribution in [0.25, 0.3) is 0 Å². The Morgan fingerprint density at radius 3 is 0.970 bits per heavy atom. The van der Waals surface area contributed by atoms with E-state index >= 15 is 0 Å². The molecule has 33 heavy (non-hydrogen) atoms. The molecule has 0 aromatic heterocycles. The molecular formula is C11HF19O3. The molecular weight excluding hydrogens is 541 g/mol. The molecule has 0 saturated carbocycles. The number of halogens is 19. The molecule has 0 heterocycles. The number of ether oxygens (including phenoxy) is 2. The number of esters is 1. The van der Waals surface area contributed by atoms with Crippen molar-refractivity contribution in [2.24, 2.45) is 0 Å². The van der Waals surface area contributed by atoms with Crippen LogP contribution in [0.5, 0.6) is 0 Å². The smallest absolute Gasteiger partial charge is 0.436 e. The molecule has 0 rings (SSSR count). The van der Waals surface area contributed by atoms with Gasteiger partial charge in [-0.25, -0.2) is 4.79 Å². The van der Waals surface area contributed by atoms with Gasteiger partial charge in [-0.2, -0.15) is 83.4 Å². The van der Waals surface area contributed by atoms with Gasteiger partial charge in [-0.3, -0.25) is 0 Å². The lowest BCUT2D eigenvalue weighted by molar-refractivity contribution is -0.427. The monoisotopic (exact) mass is 542 g/mol. The molecule has 22 heteroatoms. The van der Waals surface area contributed by atoms with Crippen LogP contribution >= 0.6 is 0 Å². The SMILES string of the molecule is O=C(OC(F)(C(F)(F)F)C(F)(F)F)/C(=C\C(F)(F)C(F)(F)F)OC(F)(C(F)(F)F)C(F)(F)F. The van der Waals surface area contributed by atoms with Crippen molar-refractivity contribution in [3.8, 4) is 0 Å². The van der Waals surface area contributed by atoms with E-state index in [4.69, 9.17) is 0 Å². The molecule has 0 amide bonds. The molecule has 0 aromatic carbocycles. The Bertz CT molecular complexity index is 717. The standard InChI is InChI=1S/C11HF19O3/c12-4(13,7(16,17)18)1-2(32-5(14,8(19,20)21)9(22,23)24)3(31)33-6(15,10(25,26)27)11(28,29)30/h1H/b2-1+. The number of allylic oxidation sites excluding steroid dienone is 1. The van der Waals surface area contributed by atoms with E-state index in [9.17, 15) is 88.2 Å². The van der Waals surface area contributed by atoms with Crippen LogP contribution in [0, 0.1) is 0 Å². The van der Waals surface area contributed by atoms with Crippen molar-refractivity contribution < 1.29 is 97.7 Å². The fourth-order valence-electron chi connectivity index (χ4n) is 1.26. The summed E-state index contributed by atoms with van der Waals surface area (Å²) in [4.78, 5) is 11.1. The zero-order valence-electron chi connectivity index (χ0n) is 14.0. The zero-order chi connectivity index (χ0) is 27.3. The van der Waals surface area contributed by atoms with Crippen molar-refractivity contribution in [1.29, 1.82) is 0 Å². The Kier molecular flexibility index (Phi) is 7.59. The minimum atomic E-state index is -7.57. The molecule has 0 N–H and O–H groups in total. The van der Waals surface area contributed by atoms with Gasteiger partial charge in [0.1, 0.15) is 0 Å². The Hall–Kier alpha value is -2.32. The first-order chi connectivity index (χ1) is 13.9. The Morgan fingerprint density at radius 1 is 0.455 bits per heavy atom. The summed E-state index contributed by atoms with van der Waals surface area (Å²) in [5.41, 5.74) is 0. The van der Waals surface area contributed by atoms with E-state index in [-0.39, 0.29) is 0 Å². The lowest BCUT2D eigenvalue weighted by Crippen LogP contribution is -2.58. The second kappa shape index (κ2) is 8.17. The predicted molar refractivity (Wildman–Crippen MR) is 58.2 cm³/mol. The van der Waals surface area contributed by atoms with Crippen LogP contribution in [0.15, 0.2) is 11.8 Å². The van der Waals surface area contributed by atoms with E-state index in [1.807, 2.05) is 9.47 Å². The van der Waals surface area contributed by atoms with Crippen molar-refractivity contribution in [2.45, 2.75) is 48.5 Å². The van der Waals surface area contributed by atoms with E-state index in [1.54, 1.807) is 0 Å². The van der Waals surface area contributed by atoms with E-state index in [1.165, 1.54) is 0 Å². The minimum absolute atomic E-state index is 1.91. The molecule has 0 saturated heterocycles. The number of alkyl halides is 19. The van der Waals surface area contributed by atoms with Crippen LogP contribution < -0.4 is 0 Å². The third kappa shape index (κ3) is 5.98. The maximum absolute atomic E-state index is 13.4. The largest absolute Gasteiger partial charge is 0.470 e. The van der Waals surface area contributed by atoms with Crippen LogP contribution in [0.4, 0.5) is 83.4 Å².